The Kier molecular flexibility index (Phi) is 5.36. The predicted octanol–water partition coefficient (Wildman–Crippen LogP) is 0.290. The second-order valence-electron chi connectivity index (χ2n) is 6.49. The van der Waals surface area contributed by atoms with Crippen LogP contribution in [0.2, 0.25) is 0 Å². The number of nitrogens with one attached hydrogen (secondary N) is 1. The Hall–Kier alpha value is -1.97. The average Bonchev–Trinajstić information content (AvgIpc) is 3.07. The van der Waals surface area contributed by atoms with Crippen LogP contribution in [-0.2, 0) is 17.9 Å². The van der Waals surface area contributed by atoms with Crippen molar-refractivity contribution in [1.82, 2.24) is 25.0 Å². The molecule has 8 nitrogen and oxygen atoms in total. The third-order valence-corrected chi connectivity index (χ3v) is 5.11. The van der Waals surface area contributed by atoms with E-state index in [9.17, 15) is 9.90 Å². The number of hydrogen-bond acceptors (Lipinski definition) is 7. The number of β-amino-alcohol motifs (C(OH)–C–C–N with tert-alkyl or cyclic N) is 1. The lowest BCUT2D eigenvalue weighted by Gasteiger charge is -2.35. The van der Waals surface area contributed by atoms with E-state index in [1.54, 1.807) is 17.4 Å². The Bertz CT molecular complexity index is 743. The zero-order valence-corrected chi connectivity index (χ0v) is 15.3. The molecular weight excluding hydrogens is 340 g/mol. The summed E-state index contributed by atoms with van der Waals surface area (Å²) in [4.78, 5) is 18.8. The second-order valence-corrected chi connectivity index (χ2v) is 7.55. The van der Waals surface area contributed by atoms with Gasteiger partial charge in [-0.2, -0.15) is 5.10 Å². The molecule has 0 bridgehead atoms. The van der Waals surface area contributed by atoms with Gasteiger partial charge in [-0.3, -0.25) is 9.69 Å². The quantitative estimate of drug-likeness (QED) is 0.704. The van der Waals surface area contributed by atoms with Crippen molar-refractivity contribution in [3.63, 3.8) is 0 Å². The molecule has 4 N–H and O–H groups in total. The van der Waals surface area contributed by atoms with E-state index in [1.165, 1.54) is 4.68 Å². The number of amides is 1. The number of carbonyl (C=O) groups excluding carboxylic acids is 1. The molecule has 1 saturated heterocycles. The first kappa shape index (κ1) is 17.8. The van der Waals surface area contributed by atoms with Gasteiger partial charge in [0.25, 0.3) is 0 Å². The lowest BCUT2D eigenvalue weighted by Crippen LogP contribution is -2.54. The van der Waals surface area contributed by atoms with E-state index >= 15 is 0 Å². The van der Waals surface area contributed by atoms with E-state index in [1.807, 2.05) is 19.2 Å². The zero-order chi connectivity index (χ0) is 18.0. The molecule has 0 aromatic carbocycles. The highest BCUT2D eigenvalue weighted by molar-refractivity contribution is 7.09. The molecule has 1 fully saturated rings. The van der Waals surface area contributed by atoms with Crippen LogP contribution in [0.25, 0.3) is 0 Å². The van der Waals surface area contributed by atoms with Gasteiger partial charge in [0, 0.05) is 31.1 Å². The fourth-order valence-corrected chi connectivity index (χ4v) is 3.70. The third-order valence-electron chi connectivity index (χ3n) is 4.29. The summed E-state index contributed by atoms with van der Waals surface area (Å²) in [6.07, 6.45) is 0.0954. The number of nitrogens with two attached hydrogens (primary N) is 1. The largest absolute Gasteiger partial charge is 0.390 e. The van der Waals surface area contributed by atoms with Crippen molar-refractivity contribution in [3.8, 4) is 0 Å². The van der Waals surface area contributed by atoms with Crippen molar-refractivity contribution in [2.45, 2.75) is 45.5 Å². The highest BCUT2D eigenvalue weighted by atomic mass is 32.1. The fourth-order valence-electron chi connectivity index (χ4n) is 3.10. The Morgan fingerprint density at radius 2 is 2.32 bits per heavy atom. The summed E-state index contributed by atoms with van der Waals surface area (Å²) >= 11 is 1.63. The van der Waals surface area contributed by atoms with Gasteiger partial charge in [0.2, 0.25) is 5.91 Å². The molecule has 3 rings (SSSR count). The van der Waals surface area contributed by atoms with E-state index in [2.05, 4.69) is 20.3 Å². The number of rotatable bonds is 5. The number of carbonyl (C=O) groups is 1. The van der Waals surface area contributed by atoms with Crippen LogP contribution in [0.3, 0.4) is 0 Å². The first-order valence-electron chi connectivity index (χ1n) is 8.31. The van der Waals surface area contributed by atoms with E-state index in [0.29, 0.717) is 18.8 Å². The van der Waals surface area contributed by atoms with Crippen LogP contribution in [0.4, 0.5) is 5.82 Å². The van der Waals surface area contributed by atoms with Crippen LogP contribution in [0.5, 0.6) is 0 Å². The zero-order valence-electron chi connectivity index (χ0n) is 14.5. The molecule has 2 aromatic heterocycles. The van der Waals surface area contributed by atoms with Gasteiger partial charge in [-0.25, -0.2) is 9.67 Å². The average molecular weight is 364 g/mol. The normalized spacial score (nSPS) is 21.4. The van der Waals surface area contributed by atoms with Crippen LogP contribution in [0.1, 0.15) is 22.8 Å². The smallest absolute Gasteiger partial charge is 0.242 e. The van der Waals surface area contributed by atoms with Gasteiger partial charge in [-0.15, -0.1) is 11.3 Å². The lowest BCUT2D eigenvalue weighted by molar-refractivity contribution is -0.124. The Labute approximate surface area is 150 Å². The van der Waals surface area contributed by atoms with Crippen LogP contribution >= 0.6 is 11.3 Å². The molecule has 9 heteroatoms. The molecule has 2 atom stereocenters. The number of anilines is 1. The summed E-state index contributed by atoms with van der Waals surface area (Å²) in [5.41, 5.74) is 7.61. The number of aliphatic hydroxyl groups excluding tert-OH is 1. The first-order chi connectivity index (χ1) is 11.9. The number of likely N-dealkylation sites (tertiary alicyclic amines) is 1. The van der Waals surface area contributed by atoms with Gasteiger partial charge in [0.15, 0.2) is 0 Å². The number of hydrogen-bond donors (Lipinski definition) is 3. The van der Waals surface area contributed by atoms with E-state index in [-0.39, 0.29) is 18.5 Å². The SMILES string of the molecule is Cc1cc(N)n(CC(=O)N[C@@H]2CCN(Cc3csc(C)n3)C[C@H]2O)n1. The Morgan fingerprint density at radius 3 is 2.92 bits per heavy atom. The highest BCUT2D eigenvalue weighted by Gasteiger charge is 2.29. The van der Waals surface area contributed by atoms with Crippen LogP contribution in [0, 0.1) is 13.8 Å². The molecule has 0 unspecified atom stereocenters. The van der Waals surface area contributed by atoms with Crippen molar-refractivity contribution < 1.29 is 9.90 Å². The predicted molar refractivity (Wildman–Crippen MR) is 96.1 cm³/mol. The molecule has 0 spiro atoms. The molecule has 2 aromatic rings. The van der Waals surface area contributed by atoms with Crippen molar-refractivity contribution in [1.29, 1.82) is 0 Å². The molecule has 0 saturated carbocycles. The summed E-state index contributed by atoms with van der Waals surface area (Å²) in [5.74, 6) is 0.268. The van der Waals surface area contributed by atoms with Gasteiger partial charge in [0.05, 0.1) is 28.5 Å². The summed E-state index contributed by atoms with van der Waals surface area (Å²) in [6.45, 7) is 5.93. The maximum Gasteiger partial charge on any atom is 0.242 e. The number of nitrogen functional groups attached to an aromatic ring is 1. The number of aliphatic hydroxyl groups is 1. The molecule has 136 valence electrons. The minimum absolute atomic E-state index is 0.0602. The van der Waals surface area contributed by atoms with Gasteiger partial charge in [0.1, 0.15) is 12.4 Å². The number of aromatic nitrogens is 3. The van der Waals surface area contributed by atoms with Crippen molar-refractivity contribution in [3.05, 3.63) is 27.8 Å². The summed E-state index contributed by atoms with van der Waals surface area (Å²) in [6, 6.07) is 1.47. The lowest BCUT2D eigenvalue weighted by atomic mass is 10.0. The van der Waals surface area contributed by atoms with E-state index in [0.717, 1.165) is 29.5 Å². The highest BCUT2D eigenvalue weighted by Crippen LogP contribution is 2.16. The molecule has 25 heavy (non-hydrogen) atoms. The monoisotopic (exact) mass is 364 g/mol. The minimum atomic E-state index is -0.603. The molecular formula is C16H24N6O2S. The summed E-state index contributed by atoms with van der Waals surface area (Å²) in [7, 11) is 0. The maximum atomic E-state index is 12.2. The minimum Gasteiger partial charge on any atom is -0.390 e. The van der Waals surface area contributed by atoms with E-state index in [4.69, 9.17) is 5.73 Å². The van der Waals surface area contributed by atoms with Gasteiger partial charge < -0.3 is 16.2 Å². The number of nitrogens with zero attached hydrogens (tertiary/aromatic N) is 4. The molecule has 3 heterocycles. The van der Waals surface area contributed by atoms with Crippen LogP contribution < -0.4 is 11.1 Å². The molecule has 0 aliphatic carbocycles. The number of piperidine rings is 1. The van der Waals surface area contributed by atoms with Crippen LogP contribution in [-0.4, -0.2) is 55.9 Å². The Balaban J connectivity index is 1.49. The van der Waals surface area contributed by atoms with Gasteiger partial charge in [-0.05, 0) is 20.3 Å². The summed E-state index contributed by atoms with van der Waals surface area (Å²) < 4.78 is 1.47. The standard InChI is InChI=1S/C16H24N6O2S/c1-10-5-15(17)22(20-10)8-16(24)19-13-3-4-21(7-14(13)23)6-12-9-25-11(2)18-12/h5,9,13-14,23H,3-4,6-8,17H2,1-2H3,(H,19,24)/t13-,14-/m1/s1. The fraction of sp³-hybridized carbons (Fsp3) is 0.562. The number of aryl methyl sites for hydroxylation is 2. The molecule has 1 aliphatic heterocycles. The van der Waals surface area contributed by atoms with Crippen molar-refractivity contribution in [2.24, 2.45) is 0 Å². The maximum absolute atomic E-state index is 12.2. The van der Waals surface area contributed by atoms with Gasteiger partial charge in [-0.1, -0.05) is 0 Å². The molecule has 1 aliphatic rings. The topological polar surface area (TPSA) is 109 Å². The van der Waals surface area contributed by atoms with Crippen molar-refractivity contribution >= 4 is 23.1 Å². The van der Waals surface area contributed by atoms with Crippen LogP contribution in [0.15, 0.2) is 11.4 Å². The molecule has 0 radical (unpaired) electrons. The van der Waals surface area contributed by atoms with Gasteiger partial charge >= 0.3 is 0 Å². The second kappa shape index (κ2) is 7.51. The van der Waals surface area contributed by atoms with Crippen molar-refractivity contribution in [2.75, 3.05) is 18.8 Å². The number of thiazole rings is 1. The molecule has 1 amide bonds. The van der Waals surface area contributed by atoms with E-state index < -0.39 is 6.10 Å². The summed E-state index contributed by atoms with van der Waals surface area (Å²) in [5, 5.41) is 20.5. The Morgan fingerprint density at radius 1 is 1.52 bits per heavy atom. The third kappa shape index (κ3) is 4.56. The first-order valence-corrected chi connectivity index (χ1v) is 9.19.